The van der Waals surface area contributed by atoms with Crippen LogP contribution >= 0.6 is 0 Å². The molecule has 6 heteroatoms. The highest BCUT2D eigenvalue weighted by Crippen LogP contribution is 2.29. The Balaban J connectivity index is 2.00. The molecule has 1 aromatic rings. The Hall–Kier alpha value is -1.27. The van der Waals surface area contributed by atoms with Gasteiger partial charge in [-0.15, -0.1) is 0 Å². The summed E-state index contributed by atoms with van der Waals surface area (Å²) in [4.78, 5) is 2.37. The molecule has 0 saturated heterocycles. The monoisotopic (exact) mass is 284 g/mol. The summed E-state index contributed by atoms with van der Waals surface area (Å²) in [6.07, 6.45) is 3.65. The summed E-state index contributed by atoms with van der Waals surface area (Å²) in [5.74, 6) is 0.437. The van der Waals surface area contributed by atoms with Crippen LogP contribution in [0.3, 0.4) is 0 Å². The Kier molecular flexibility index (Phi) is 4.01. The SMILES string of the molecule is CN(CCOc1cccc(S(C)(=O)=O)c1N)C1CC1. The number of sulfone groups is 1. The van der Waals surface area contributed by atoms with Crippen molar-refractivity contribution < 1.29 is 13.2 Å². The van der Waals surface area contributed by atoms with Gasteiger partial charge in [0, 0.05) is 18.8 Å². The van der Waals surface area contributed by atoms with Crippen LogP contribution in [0.1, 0.15) is 12.8 Å². The van der Waals surface area contributed by atoms with E-state index in [1.54, 1.807) is 12.1 Å². The van der Waals surface area contributed by atoms with E-state index in [2.05, 4.69) is 11.9 Å². The normalized spacial score (nSPS) is 15.7. The highest BCUT2D eigenvalue weighted by Gasteiger charge is 2.25. The first-order valence-corrected chi connectivity index (χ1v) is 8.20. The quantitative estimate of drug-likeness (QED) is 0.793. The van der Waals surface area contributed by atoms with Crippen LogP contribution in [0, 0.1) is 0 Å². The van der Waals surface area contributed by atoms with Gasteiger partial charge in [-0.3, -0.25) is 0 Å². The van der Waals surface area contributed by atoms with Crippen LogP contribution in [-0.4, -0.2) is 45.8 Å². The van der Waals surface area contributed by atoms with Gasteiger partial charge in [-0.1, -0.05) is 6.07 Å². The van der Waals surface area contributed by atoms with Crippen LogP contribution in [0.15, 0.2) is 23.1 Å². The molecule has 0 aromatic heterocycles. The molecule has 0 radical (unpaired) electrons. The van der Waals surface area contributed by atoms with Crippen LogP contribution in [-0.2, 0) is 9.84 Å². The Morgan fingerprint density at radius 1 is 1.42 bits per heavy atom. The first-order valence-electron chi connectivity index (χ1n) is 6.31. The van der Waals surface area contributed by atoms with Gasteiger partial charge in [0.25, 0.3) is 0 Å². The van der Waals surface area contributed by atoms with Crippen molar-refractivity contribution >= 4 is 15.5 Å². The maximum Gasteiger partial charge on any atom is 0.177 e. The smallest absolute Gasteiger partial charge is 0.177 e. The molecule has 2 N–H and O–H groups in total. The highest BCUT2D eigenvalue weighted by molar-refractivity contribution is 7.90. The van der Waals surface area contributed by atoms with Gasteiger partial charge in [0.05, 0.1) is 10.6 Å². The van der Waals surface area contributed by atoms with E-state index in [-0.39, 0.29) is 10.6 Å². The van der Waals surface area contributed by atoms with Crippen LogP contribution in [0.4, 0.5) is 5.69 Å². The van der Waals surface area contributed by atoms with E-state index in [1.165, 1.54) is 18.9 Å². The summed E-state index contributed by atoms with van der Waals surface area (Å²) < 4.78 is 28.7. The summed E-state index contributed by atoms with van der Waals surface area (Å²) in [6, 6.07) is 5.52. The lowest BCUT2D eigenvalue weighted by molar-refractivity contribution is 0.232. The summed E-state index contributed by atoms with van der Waals surface area (Å²) in [7, 11) is -1.25. The van der Waals surface area contributed by atoms with Crippen LogP contribution in [0.2, 0.25) is 0 Å². The summed E-state index contributed by atoms with van der Waals surface area (Å²) in [5, 5.41) is 0. The largest absolute Gasteiger partial charge is 0.490 e. The fourth-order valence-corrected chi connectivity index (χ4v) is 2.80. The predicted octanol–water partition coefficient (Wildman–Crippen LogP) is 1.15. The molecule has 0 heterocycles. The lowest BCUT2D eigenvalue weighted by Gasteiger charge is -2.17. The Morgan fingerprint density at radius 2 is 2.11 bits per heavy atom. The van der Waals surface area contributed by atoms with Crippen molar-refractivity contribution in [3.63, 3.8) is 0 Å². The molecule has 19 heavy (non-hydrogen) atoms. The molecule has 1 aliphatic rings. The molecule has 1 aliphatic carbocycles. The molecule has 2 rings (SSSR count). The van der Waals surface area contributed by atoms with Gasteiger partial charge < -0.3 is 15.4 Å². The average Bonchev–Trinajstić information content (AvgIpc) is 3.13. The van der Waals surface area contributed by atoms with E-state index < -0.39 is 9.84 Å². The summed E-state index contributed by atoms with van der Waals surface area (Å²) in [5.41, 5.74) is 6.03. The number of nitrogens with two attached hydrogens (primary N) is 1. The number of hydrogen-bond acceptors (Lipinski definition) is 5. The van der Waals surface area contributed by atoms with Gasteiger partial charge in [-0.2, -0.15) is 0 Å². The fourth-order valence-electron chi connectivity index (χ4n) is 1.97. The second kappa shape index (κ2) is 5.38. The molecule has 0 spiro atoms. The molecule has 0 unspecified atom stereocenters. The number of nitrogen functional groups attached to an aromatic ring is 1. The van der Waals surface area contributed by atoms with Crippen molar-refractivity contribution in [3.8, 4) is 5.75 Å². The van der Waals surface area contributed by atoms with Gasteiger partial charge in [0.1, 0.15) is 12.4 Å². The molecule has 0 bridgehead atoms. The molecule has 1 aromatic carbocycles. The summed E-state index contributed by atoms with van der Waals surface area (Å²) in [6.45, 7) is 1.32. The molecular weight excluding hydrogens is 264 g/mol. The van der Waals surface area contributed by atoms with E-state index in [0.717, 1.165) is 12.8 Å². The first kappa shape index (κ1) is 14.1. The minimum Gasteiger partial charge on any atom is -0.490 e. The van der Waals surface area contributed by atoms with Gasteiger partial charge in [-0.05, 0) is 32.0 Å². The standard InChI is InChI=1S/C13H20N2O3S/c1-15(10-6-7-10)8-9-18-11-4-3-5-12(13(11)14)19(2,16)17/h3-5,10H,6-9,14H2,1-2H3. The third kappa shape index (κ3) is 3.61. The molecule has 0 amide bonds. The Bertz CT molecular complexity index is 553. The predicted molar refractivity (Wildman–Crippen MR) is 75.1 cm³/mol. The third-order valence-corrected chi connectivity index (χ3v) is 4.45. The van der Waals surface area contributed by atoms with Crippen LogP contribution < -0.4 is 10.5 Å². The van der Waals surface area contributed by atoms with Crippen molar-refractivity contribution in [3.05, 3.63) is 18.2 Å². The maximum atomic E-state index is 11.5. The molecule has 1 saturated carbocycles. The number of ether oxygens (including phenoxy) is 1. The maximum absolute atomic E-state index is 11.5. The van der Waals surface area contributed by atoms with E-state index in [1.807, 2.05) is 0 Å². The van der Waals surface area contributed by atoms with Crippen molar-refractivity contribution in [2.45, 2.75) is 23.8 Å². The van der Waals surface area contributed by atoms with Gasteiger partial charge in [0.2, 0.25) is 0 Å². The lowest BCUT2D eigenvalue weighted by Crippen LogP contribution is -2.26. The molecule has 0 atom stereocenters. The van der Waals surface area contributed by atoms with Crippen molar-refractivity contribution in [1.29, 1.82) is 0 Å². The molecule has 5 nitrogen and oxygen atoms in total. The Morgan fingerprint density at radius 3 is 2.68 bits per heavy atom. The van der Waals surface area contributed by atoms with Gasteiger partial charge in [-0.25, -0.2) is 8.42 Å². The van der Waals surface area contributed by atoms with E-state index in [9.17, 15) is 8.42 Å². The number of rotatable bonds is 6. The number of likely N-dealkylation sites (N-methyl/N-ethyl adjacent to an activating group) is 1. The average molecular weight is 284 g/mol. The number of anilines is 1. The van der Waals surface area contributed by atoms with E-state index >= 15 is 0 Å². The van der Waals surface area contributed by atoms with E-state index in [4.69, 9.17) is 10.5 Å². The lowest BCUT2D eigenvalue weighted by atomic mass is 10.3. The number of nitrogens with zero attached hydrogens (tertiary/aromatic N) is 1. The fraction of sp³-hybridized carbons (Fsp3) is 0.538. The second-order valence-corrected chi connectivity index (χ2v) is 6.98. The zero-order valence-corrected chi connectivity index (χ0v) is 12.1. The van der Waals surface area contributed by atoms with Gasteiger partial charge >= 0.3 is 0 Å². The molecular formula is C13H20N2O3S. The molecule has 1 fully saturated rings. The minimum atomic E-state index is -3.32. The summed E-state index contributed by atoms with van der Waals surface area (Å²) >= 11 is 0. The highest BCUT2D eigenvalue weighted by atomic mass is 32.2. The number of hydrogen-bond donors (Lipinski definition) is 1. The van der Waals surface area contributed by atoms with Crippen molar-refractivity contribution in [1.82, 2.24) is 4.90 Å². The topological polar surface area (TPSA) is 72.6 Å². The van der Waals surface area contributed by atoms with Crippen LogP contribution in [0.5, 0.6) is 5.75 Å². The van der Waals surface area contributed by atoms with E-state index in [0.29, 0.717) is 18.4 Å². The Labute approximate surface area is 114 Å². The van der Waals surface area contributed by atoms with Crippen molar-refractivity contribution in [2.24, 2.45) is 0 Å². The number of benzene rings is 1. The second-order valence-electron chi connectivity index (χ2n) is 5.00. The van der Waals surface area contributed by atoms with Crippen LogP contribution in [0.25, 0.3) is 0 Å². The molecule has 0 aliphatic heterocycles. The number of para-hydroxylation sites is 1. The van der Waals surface area contributed by atoms with Crippen molar-refractivity contribution in [2.75, 3.05) is 32.2 Å². The third-order valence-electron chi connectivity index (χ3n) is 3.30. The zero-order chi connectivity index (χ0) is 14.0. The molecule has 106 valence electrons. The van der Waals surface area contributed by atoms with Gasteiger partial charge in [0.15, 0.2) is 9.84 Å². The zero-order valence-electron chi connectivity index (χ0n) is 11.3. The first-order chi connectivity index (χ1) is 8.89. The minimum absolute atomic E-state index is 0.126.